The molecule has 0 aliphatic carbocycles. The summed E-state index contributed by atoms with van der Waals surface area (Å²) < 4.78 is 16.6. The Kier molecular flexibility index (Phi) is 6.19. The molecular weight excluding hydrogens is 426 g/mol. The van der Waals surface area contributed by atoms with Crippen LogP contribution in [0.1, 0.15) is 12.5 Å². The third kappa shape index (κ3) is 4.34. The van der Waals surface area contributed by atoms with Crippen molar-refractivity contribution in [2.45, 2.75) is 6.92 Å². The molecular formula is C26H22ClNO4. The largest absolute Gasteiger partial charge is 0.497 e. The molecule has 0 saturated heterocycles. The van der Waals surface area contributed by atoms with E-state index in [0.717, 1.165) is 33.4 Å². The number of allylic oxidation sites excluding steroid dienone is 1. The van der Waals surface area contributed by atoms with Gasteiger partial charge in [0.25, 0.3) is 0 Å². The summed E-state index contributed by atoms with van der Waals surface area (Å²) in [6.45, 7) is 1.86. The van der Waals surface area contributed by atoms with Crippen molar-refractivity contribution >= 4 is 39.7 Å². The van der Waals surface area contributed by atoms with Crippen LogP contribution in [0.3, 0.4) is 0 Å². The molecule has 0 radical (unpaired) electrons. The second-order valence-corrected chi connectivity index (χ2v) is 7.63. The molecule has 32 heavy (non-hydrogen) atoms. The smallest absolute Gasteiger partial charge is 0.248 e. The van der Waals surface area contributed by atoms with Gasteiger partial charge in [-0.2, -0.15) is 0 Å². The summed E-state index contributed by atoms with van der Waals surface area (Å²) in [6, 6.07) is 18.7. The molecule has 162 valence electrons. The molecule has 5 nitrogen and oxygen atoms in total. The molecule has 0 unspecified atom stereocenters. The zero-order chi connectivity index (χ0) is 22.7. The number of carbonyl (C=O) groups excluding carboxylic acids is 1. The molecule has 4 aromatic rings. The lowest BCUT2D eigenvalue weighted by Gasteiger charge is -2.11. The lowest BCUT2D eigenvalue weighted by atomic mass is 9.99. The normalized spacial score (nSPS) is 11.4. The monoisotopic (exact) mass is 447 g/mol. The van der Waals surface area contributed by atoms with E-state index < -0.39 is 0 Å². The molecule has 0 fully saturated rings. The Morgan fingerprint density at radius 2 is 1.78 bits per heavy atom. The highest BCUT2D eigenvalue weighted by molar-refractivity contribution is 6.33. The predicted octanol–water partition coefficient (Wildman–Crippen LogP) is 6.81. The van der Waals surface area contributed by atoms with Crippen LogP contribution in [0.5, 0.6) is 11.5 Å². The number of methoxy groups -OCH3 is 2. The second-order valence-electron chi connectivity index (χ2n) is 7.22. The quantitative estimate of drug-likeness (QED) is 0.330. The summed E-state index contributed by atoms with van der Waals surface area (Å²) in [5.41, 5.74) is 4.74. The van der Waals surface area contributed by atoms with E-state index in [1.165, 1.54) is 6.08 Å². The maximum atomic E-state index is 12.6. The van der Waals surface area contributed by atoms with Crippen LogP contribution < -0.4 is 14.8 Å². The van der Waals surface area contributed by atoms with Crippen LogP contribution in [0.4, 0.5) is 5.69 Å². The van der Waals surface area contributed by atoms with Gasteiger partial charge in [0.05, 0.1) is 31.2 Å². The first-order valence-electron chi connectivity index (χ1n) is 9.98. The van der Waals surface area contributed by atoms with E-state index in [9.17, 15) is 4.79 Å². The number of benzene rings is 3. The number of para-hydroxylation sites is 1. The molecule has 1 aromatic heterocycles. The lowest BCUT2D eigenvalue weighted by Crippen LogP contribution is -2.09. The molecule has 0 aliphatic rings. The number of furan rings is 1. The number of fused-ring (bicyclic) bond motifs is 1. The average molecular weight is 448 g/mol. The van der Waals surface area contributed by atoms with Crippen LogP contribution in [0.25, 0.3) is 27.7 Å². The van der Waals surface area contributed by atoms with Crippen molar-refractivity contribution in [3.63, 3.8) is 0 Å². The highest BCUT2D eigenvalue weighted by atomic mass is 35.5. The minimum Gasteiger partial charge on any atom is -0.497 e. The van der Waals surface area contributed by atoms with Gasteiger partial charge < -0.3 is 19.2 Å². The number of nitrogens with one attached hydrogen (secondary N) is 1. The zero-order valence-corrected chi connectivity index (χ0v) is 18.7. The minimum atomic E-state index is -0.277. The van der Waals surface area contributed by atoms with Gasteiger partial charge in [0, 0.05) is 28.7 Å². The van der Waals surface area contributed by atoms with Crippen LogP contribution in [-0.4, -0.2) is 20.1 Å². The highest BCUT2D eigenvalue weighted by Gasteiger charge is 2.15. The Morgan fingerprint density at radius 3 is 2.47 bits per heavy atom. The first kappa shape index (κ1) is 21.5. The summed E-state index contributed by atoms with van der Waals surface area (Å²) in [6.07, 6.45) is 3.25. The summed E-state index contributed by atoms with van der Waals surface area (Å²) in [7, 11) is 3.23. The van der Waals surface area contributed by atoms with E-state index in [1.54, 1.807) is 32.6 Å². The molecule has 1 amide bonds. The van der Waals surface area contributed by atoms with E-state index in [-0.39, 0.29) is 5.91 Å². The van der Waals surface area contributed by atoms with Crippen molar-refractivity contribution in [3.8, 4) is 22.6 Å². The number of anilines is 1. The lowest BCUT2D eigenvalue weighted by molar-refractivity contribution is -0.111. The standard InChI is InChI=1S/C26H22ClNO4/c1-16(12-26(29)28-23-7-5-4-6-22(23)27)19-13-20-21(15-32-25(20)14-24(19)31-3)17-8-10-18(30-2)11-9-17/h4-15H,1-3H3,(H,28,29)/b16-12+. The average Bonchev–Trinajstić information content (AvgIpc) is 3.22. The van der Waals surface area contributed by atoms with Gasteiger partial charge in [-0.15, -0.1) is 0 Å². The van der Waals surface area contributed by atoms with Crippen molar-refractivity contribution in [1.29, 1.82) is 0 Å². The summed E-state index contributed by atoms with van der Waals surface area (Å²) in [5, 5.41) is 4.21. The number of hydrogen-bond donors (Lipinski definition) is 1. The van der Waals surface area contributed by atoms with Gasteiger partial charge in [-0.1, -0.05) is 35.9 Å². The van der Waals surface area contributed by atoms with Crippen molar-refractivity contribution in [2.75, 3.05) is 19.5 Å². The van der Waals surface area contributed by atoms with Gasteiger partial charge >= 0.3 is 0 Å². The van der Waals surface area contributed by atoms with Gasteiger partial charge in [0.2, 0.25) is 5.91 Å². The zero-order valence-electron chi connectivity index (χ0n) is 17.9. The molecule has 4 rings (SSSR count). The summed E-state index contributed by atoms with van der Waals surface area (Å²) in [4.78, 5) is 12.6. The molecule has 6 heteroatoms. The van der Waals surface area contributed by atoms with Crippen molar-refractivity contribution < 1.29 is 18.7 Å². The third-order valence-corrected chi connectivity index (χ3v) is 5.53. The van der Waals surface area contributed by atoms with Gasteiger partial charge in [-0.05, 0) is 48.4 Å². The van der Waals surface area contributed by atoms with E-state index in [1.807, 2.05) is 55.5 Å². The molecule has 0 atom stereocenters. The van der Waals surface area contributed by atoms with Crippen molar-refractivity contribution in [2.24, 2.45) is 0 Å². The Labute approximate surface area is 191 Å². The second kappa shape index (κ2) is 9.20. The van der Waals surface area contributed by atoms with E-state index in [2.05, 4.69) is 5.32 Å². The Balaban J connectivity index is 1.71. The van der Waals surface area contributed by atoms with E-state index in [0.29, 0.717) is 22.0 Å². The fourth-order valence-corrected chi connectivity index (χ4v) is 3.71. The van der Waals surface area contributed by atoms with Gasteiger partial charge in [-0.25, -0.2) is 0 Å². The van der Waals surface area contributed by atoms with E-state index >= 15 is 0 Å². The molecule has 0 bridgehead atoms. The number of rotatable bonds is 6. The molecule has 1 heterocycles. The van der Waals surface area contributed by atoms with Crippen LogP contribution in [0, 0.1) is 0 Å². The third-order valence-electron chi connectivity index (χ3n) is 5.20. The number of halogens is 1. The maximum Gasteiger partial charge on any atom is 0.248 e. The number of amides is 1. The van der Waals surface area contributed by atoms with Crippen molar-refractivity contribution in [3.05, 3.63) is 83.6 Å². The number of carbonyl (C=O) groups is 1. The first-order chi connectivity index (χ1) is 15.5. The number of ether oxygens (including phenoxy) is 2. The molecule has 3 aromatic carbocycles. The topological polar surface area (TPSA) is 60.7 Å². The Hall–Kier alpha value is -3.70. The Bertz CT molecular complexity index is 1310. The first-order valence-corrected chi connectivity index (χ1v) is 10.4. The maximum absolute atomic E-state index is 12.6. The van der Waals surface area contributed by atoms with Gasteiger partial charge in [0.1, 0.15) is 17.1 Å². The number of hydrogen-bond acceptors (Lipinski definition) is 4. The predicted molar refractivity (Wildman–Crippen MR) is 128 cm³/mol. The molecule has 0 spiro atoms. The van der Waals surface area contributed by atoms with Crippen molar-refractivity contribution in [1.82, 2.24) is 0 Å². The summed E-state index contributed by atoms with van der Waals surface area (Å²) >= 11 is 6.14. The molecule has 0 aliphatic heterocycles. The minimum absolute atomic E-state index is 0.277. The van der Waals surface area contributed by atoms with E-state index in [4.69, 9.17) is 25.5 Å². The van der Waals surface area contributed by atoms with Gasteiger partial charge in [-0.3, -0.25) is 4.79 Å². The fourth-order valence-electron chi connectivity index (χ4n) is 3.53. The Morgan fingerprint density at radius 1 is 1.03 bits per heavy atom. The van der Waals surface area contributed by atoms with Crippen LogP contribution >= 0.6 is 11.6 Å². The molecule has 1 N–H and O–H groups in total. The molecule has 0 saturated carbocycles. The van der Waals surface area contributed by atoms with Crippen LogP contribution in [-0.2, 0) is 4.79 Å². The van der Waals surface area contributed by atoms with Crippen LogP contribution in [0.15, 0.2) is 77.4 Å². The fraction of sp³-hybridized carbons (Fsp3) is 0.115. The summed E-state index contributed by atoms with van der Waals surface area (Å²) in [5.74, 6) is 1.12. The van der Waals surface area contributed by atoms with Gasteiger partial charge in [0.15, 0.2) is 0 Å². The van der Waals surface area contributed by atoms with Crippen LogP contribution in [0.2, 0.25) is 5.02 Å². The highest BCUT2D eigenvalue weighted by Crippen LogP contribution is 2.37. The SMILES string of the molecule is COc1ccc(-c2coc3cc(OC)c(/C(C)=C/C(=O)Nc4ccccc4Cl)cc23)cc1.